The van der Waals surface area contributed by atoms with Crippen molar-refractivity contribution < 1.29 is 35.9 Å². The standard InChI is InChI=1S/C22H23F3N6O.C16H13ClF3N5.C5H10N2O/c1-13-10-14(2)31(30-13)21-28-19(26-16-7-5-6-15(11-16)22(23,24)25)12-20(29-21)27-17-8-3-4-9-18(17)32;1-9-6-10(2)25(24-9)15-22-13(17)8-14(23-15)21-12-5-3-4-11(7-12)16(18,19)20;6-4-2-1-3-7-5(4)8/h5-7,10-12,17H,3-4,8-9H2,1-2H3,(H2,26,27,28,29);3-8H,1-2H3,(H,21,22,23);4H,1-3,6H2,(H,7,8). The highest BCUT2D eigenvalue weighted by Gasteiger charge is 2.31. The van der Waals surface area contributed by atoms with Crippen LogP contribution in [0.3, 0.4) is 0 Å². The number of halogens is 7. The first-order valence-corrected chi connectivity index (χ1v) is 20.8. The van der Waals surface area contributed by atoms with Crippen molar-refractivity contribution in [2.45, 2.75) is 90.7 Å². The second kappa shape index (κ2) is 20.5. The number of carbonyl (C=O) groups excluding carboxylic acids is 2. The fourth-order valence-electron chi connectivity index (χ4n) is 6.85. The van der Waals surface area contributed by atoms with Crippen molar-refractivity contribution in [3.8, 4) is 11.9 Å². The number of rotatable bonds is 8. The molecule has 1 aliphatic carbocycles. The molecule has 22 heteroatoms. The van der Waals surface area contributed by atoms with E-state index in [1.54, 1.807) is 10.7 Å². The average Bonchev–Trinajstić information content (AvgIpc) is 3.77. The normalized spacial score (nSPS) is 16.4. The first kappa shape index (κ1) is 47.9. The minimum Gasteiger partial charge on any atom is -0.360 e. The molecule has 1 amide bonds. The Labute approximate surface area is 374 Å². The molecule has 2 atom stereocenters. The van der Waals surface area contributed by atoms with Crippen molar-refractivity contribution >= 4 is 52.1 Å². The molecule has 1 saturated carbocycles. The Morgan fingerprint density at radius 1 is 0.677 bits per heavy atom. The highest BCUT2D eigenvalue weighted by atomic mass is 35.5. The van der Waals surface area contributed by atoms with Gasteiger partial charge in [0.2, 0.25) is 5.91 Å². The number of hydrogen-bond donors (Lipinski definition) is 5. The molecule has 6 N–H and O–H groups in total. The van der Waals surface area contributed by atoms with Crippen LogP contribution in [0, 0.1) is 27.7 Å². The monoisotopic (exact) mass is 925 g/mol. The van der Waals surface area contributed by atoms with Crippen LogP contribution in [0.1, 0.15) is 72.4 Å². The number of aryl methyl sites for hydroxylation is 4. The fraction of sp³-hybridized carbons (Fsp3) is 0.349. The predicted molar refractivity (Wildman–Crippen MR) is 233 cm³/mol. The van der Waals surface area contributed by atoms with Gasteiger partial charge in [0.15, 0.2) is 5.78 Å². The molecule has 15 nitrogen and oxygen atoms in total. The Morgan fingerprint density at radius 2 is 1.20 bits per heavy atom. The number of carbonyl (C=O) groups is 2. The van der Waals surface area contributed by atoms with Crippen LogP contribution in [0.4, 0.5) is 55.2 Å². The lowest BCUT2D eigenvalue weighted by atomic mass is 9.94. The lowest BCUT2D eigenvalue weighted by molar-refractivity contribution is -0.138. The highest BCUT2D eigenvalue weighted by Crippen LogP contribution is 2.33. The Balaban J connectivity index is 0.000000188. The van der Waals surface area contributed by atoms with Gasteiger partial charge in [-0.1, -0.05) is 30.2 Å². The summed E-state index contributed by atoms with van der Waals surface area (Å²) in [4.78, 5) is 40.2. The summed E-state index contributed by atoms with van der Waals surface area (Å²) in [5, 5.41) is 20.4. The van der Waals surface area contributed by atoms with Gasteiger partial charge in [0.25, 0.3) is 11.9 Å². The molecule has 8 rings (SSSR count). The smallest absolute Gasteiger partial charge is 0.360 e. The number of aromatic nitrogens is 8. The lowest BCUT2D eigenvalue weighted by Gasteiger charge is -2.22. The molecular formula is C43H46ClF6N13O2. The second-order valence-electron chi connectivity index (χ2n) is 15.3. The van der Waals surface area contributed by atoms with E-state index in [0.717, 1.165) is 79.3 Å². The molecule has 1 saturated heterocycles. The van der Waals surface area contributed by atoms with E-state index in [2.05, 4.69) is 51.4 Å². The van der Waals surface area contributed by atoms with E-state index >= 15 is 0 Å². The quantitative estimate of drug-likeness (QED) is 0.0720. The Morgan fingerprint density at radius 3 is 1.66 bits per heavy atom. The van der Waals surface area contributed by atoms with E-state index in [9.17, 15) is 35.9 Å². The average molecular weight is 926 g/mol. The summed E-state index contributed by atoms with van der Waals surface area (Å²) >= 11 is 6.02. The van der Waals surface area contributed by atoms with E-state index in [-0.39, 0.29) is 63.8 Å². The molecule has 0 radical (unpaired) electrons. The fourth-order valence-corrected chi connectivity index (χ4v) is 7.03. The molecule has 344 valence electrons. The minimum absolute atomic E-state index is 0.00347. The summed E-state index contributed by atoms with van der Waals surface area (Å²) in [7, 11) is 0. The molecule has 2 fully saturated rings. The molecule has 2 aliphatic rings. The van der Waals surface area contributed by atoms with E-state index in [1.165, 1.54) is 35.0 Å². The Bertz CT molecular complexity index is 2630. The molecule has 2 unspecified atom stereocenters. The van der Waals surface area contributed by atoms with Gasteiger partial charge in [-0.15, -0.1) is 0 Å². The van der Waals surface area contributed by atoms with Gasteiger partial charge in [-0.25, -0.2) is 9.36 Å². The van der Waals surface area contributed by atoms with Gasteiger partial charge in [0, 0.05) is 47.9 Å². The van der Waals surface area contributed by atoms with Crippen LogP contribution in [0.5, 0.6) is 0 Å². The third kappa shape index (κ3) is 13.2. The maximum Gasteiger partial charge on any atom is 0.416 e. The van der Waals surface area contributed by atoms with Crippen molar-refractivity contribution in [1.29, 1.82) is 0 Å². The van der Waals surface area contributed by atoms with Gasteiger partial charge in [-0.3, -0.25) is 9.59 Å². The van der Waals surface area contributed by atoms with Crippen molar-refractivity contribution in [2.75, 3.05) is 22.5 Å². The van der Waals surface area contributed by atoms with E-state index in [1.807, 2.05) is 39.8 Å². The number of ketones is 1. The summed E-state index contributed by atoms with van der Waals surface area (Å²) in [5.74, 6) is 1.55. The van der Waals surface area contributed by atoms with Crippen LogP contribution >= 0.6 is 11.6 Å². The van der Waals surface area contributed by atoms with Crippen LogP contribution in [-0.2, 0) is 21.9 Å². The van der Waals surface area contributed by atoms with Crippen molar-refractivity contribution in [2.24, 2.45) is 5.73 Å². The first-order valence-electron chi connectivity index (χ1n) is 20.4. The Hall–Kier alpha value is -6.61. The van der Waals surface area contributed by atoms with Gasteiger partial charge in [-0.2, -0.15) is 56.5 Å². The zero-order valence-electron chi connectivity index (χ0n) is 35.6. The predicted octanol–water partition coefficient (Wildman–Crippen LogP) is 8.88. The summed E-state index contributed by atoms with van der Waals surface area (Å²) in [6.07, 6.45) is -3.98. The van der Waals surface area contributed by atoms with Crippen LogP contribution < -0.4 is 27.0 Å². The number of nitrogens with two attached hydrogens (primary N) is 1. The van der Waals surface area contributed by atoms with Crippen LogP contribution in [0.25, 0.3) is 11.9 Å². The third-order valence-corrected chi connectivity index (χ3v) is 10.1. The number of amides is 1. The zero-order chi connectivity index (χ0) is 47.1. The zero-order valence-corrected chi connectivity index (χ0v) is 36.4. The number of Topliss-reactive ketones (excluding diaryl/α,β-unsaturated/α-hetero) is 1. The summed E-state index contributed by atoms with van der Waals surface area (Å²) in [6.45, 7) is 8.16. The van der Waals surface area contributed by atoms with Crippen molar-refractivity contribution in [3.63, 3.8) is 0 Å². The topological polar surface area (TPSA) is 195 Å². The maximum atomic E-state index is 13.1. The molecule has 0 bridgehead atoms. The van der Waals surface area contributed by atoms with Gasteiger partial charge in [-0.05, 0) is 102 Å². The summed E-state index contributed by atoms with van der Waals surface area (Å²) in [6, 6.07) is 15.8. The third-order valence-electron chi connectivity index (χ3n) is 9.92. The minimum atomic E-state index is -4.45. The number of hydrogen-bond acceptors (Lipinski definition) is 12. The van der Waals surface area contributed by atoms with Crippen molar-refractivity contribution in [1.82, 2.24) is 44.8 Å². The van der Waals surface area contributed by atoms with Crippen LogP contribution in [0.2, 0.25) is 5.15 Å². The van der Waals surface area contributed by atoms with E-state index in [0.29, 0.717) is 18.7 Å². The first-order chi connectivity index (χ1) is 30.7. The number of piperidine rings is 1. The molecule has 4 aromatic heterocycles. The largest absolute Gasteiger partial charge is 0.416 e. The SMILES string of the molecule is Cc1cc(C)n(-c2nc(Cl)cc(Nc3cccc(C(F)(F)F)c3)n2)n1.Cc1cc(C)n(-c2nc(Nc3cccc(C(F)(F)F)c3)cc(NC3CCCCC3=O)n2)n1.NC1CCCNC1=O. The van der Waals surface area contributed by atoms with Crippen LogP contribution in [-0.4, -0.2) is 69.8 Å². The number of benzene rings is 2. The van der Waals surface area contributed by atoms with E-state index in [4.69, 9.17) is 17.3 Å². The van der Waals surface area contributed by atoms with Crippen molar-refractivity contribution in [3.05, 3.63) is 112 Å². The molecule has 0 spiro atoms. The molecule has 1 aliphatic heterocycles. The van der Waals surface area contributed by atoms with Gasteiger partial charge in [0.1, 0.15) is 22.6 Å². The molecule has 2 aromatic carbocycles. The second-order valence-corrected chi connectivity index (χ2v) is 15.7. The lowest BCUT2D eigenvalue weighted by Crippen LogP contribution is -2.45. The Kier molecular flexibility index (Phi) is 15.1. The number of nitrogens with zero attached hydrogens (tertiary/aromatic N) is 8. The molecule has 5 heterocycles. The van der Waals surface area contributed by atoms with Crippen LogP contribution in [0.15, 0.2) is 72.8 Å². The molecular weight excluding hydrogens is 880 g/mol. The van der Waals surface area contributed by atoms with Gasteiger partial charge >= 0.3 is 12.4 Å². The number of alkyl halides is 6. The summed E-state index contributed by atoms with van der Waals surface area (Å²) < 4.78 is 80.8. The van der Waals surface area contributed by atoms with E-state index < -0.39 is 23.5 Å². The number of nitrogens with one attached hydrogen (secondary N) is 4. The van der Waals surface area contributed by atoms with Gasteiger partial charge < -0.3 is 27.0 Å². The number of anilines is 5. The highest BCUT2D eigenvalue weighted by molar-refractivity contribution is 6.29. The molecule has 65 heavy (non-hydrogen) atoms. The van der Waals surface area contributed by atoms with Gasteiger partial charge in [0.05, 0.1) is 34.6 Å². The summed E-state index contributed by atoms with van der Waals surface area (Å²) in [5.41, 5.74) is 7.50. The molecule has 6 aromatic rings. The maximum absolute atomic E-state index is 13.1.